The van der Waals surface area contributed by atoms with Crippen LogP contribution in [0.2, 0.25) is 0 Å². The second kappa shape index (κ2) is 2.95. The van der Waals surface area contributed by atoms with Crippen molar-refractivity contribution in [3.05, 3.63) is 24.0 Å². The molecule has 1 spiro atoms. The second-order valence-electron chi connectivity index (χ2n) is 5.08. The van der Waals surface area contributed by atoms with Gasteiger partial charge < -0.3 is 10.0 Å². The summed E-state index contributed by atoms with van der Waals surface area (Å²) in [5.74, 6) is 0. The molecule has 1 saturated heterocycles. The maximum atomic E-state index is 9.31. The Morgan fingerprint density at radius 1 is 1.40 bits per heavy atom. The molecule has 0 bridgehead atoms. The maximum absolute atomic E-state index is 9.31. The molecule has 1 aromatic rings. The summed E-state index contributed by atoms with van der Waals surface area (Å²) in [5, 5.41) is 9.31. The molecule has 1 aliphatic heterocycles. The molecule has 0 aromatic carbocycles. The van der Waals surface area contributed by atoms with Gasteiger partial charge in [-0.3, -0.25) is 4.98 Å². The van der Waals surface area contributed by atoms with Crippen molar-refractivity contribution in [2.24, 2.45) is 5.41 Å². The zero-order chi connectivity index (χ0) is 10.5. The molecule has 0 atom stereocenters. The van der Waals surface area contributed by atoms with Gasteiger partial charge in [0.15, 0.2) is 0 Å². The Morgan fingerprint density at radius 3 is 2.67 bits per heavy atom. The SMILES string of the molecule is Cc1ccc(N2CC3(CC(O)C3)C2)cn1. The Hall–Kier alpha value is -1.09. The topological polar surface area (TPSA) is 36.4 Å². The fourth-order valence-electron chi connectivity index (χ4n) is 2.79. The minimum absolute atomic E-state index is 0.0386. The van der Waals surface area contributed by atoms with Crippen LogP contribution in [-0.4, -0.2) is 29.3 Å². The first-order chi connectivity index (χ1) is 7.17. The lowest BCUT2D eigenvalue weighted by molar-refractivity contribution is -0.0491. The van der Waals surface area contributed by atoms with Crippen LogP contribution in [-0.2, 0) is 0 Å². The number of hydrogen-bond acceptors (Lipinski definition) is 3. The van der Waals surface area contributed by atoms with Gasteiger partial charge in [0.1, 0.15) is 0 Å². The van der Waals surface area contributed by atoms with Crippen LogP contribution in [0.5, 0.6) is 0 Å². The Kier molecular flexibility index (Phi) is 1.80. The van der Waals surface area contributed by atoms with Gasteiger partial charge in [0.25, 0.3) is 0 Å². The Labute approximate surface area is 89.7 Å². The molecule has 1 saturated carbocycles. The molecular weight excluding hydrogens is 188 g/mol. The van der Waals surface area contributed by atoms with E-state index in [9.17, 15) is 5.11 Å². The summed E-state index contributed by atoms with van der Waals surface area (Å²) in [5.41, 5.74) is 2.71. The fraction of sp³-hybridized carbons (Fsp3) is 0.583. The largest absolute Gasteiger partial charge is 0.393 e. The van der Waals surface area contributed by atoms with E-state index in [-0.39, 0.29) is 6.10 Å². The molecule has 3 heteroatoms. The molecule has 1 N–H and O–H groups in total. The van der Waals surface area contributed by atoms with E-state index in [1.54, 1.807) is 0 Å². The van der Waals surface area contributed by atoms with Crippen LogP contribution in [0.15, 0.2) is 18.3 Å². The molecule has 2 fully saturated rings. The third-order valence-electron chi connectivity index (χ3n) is 3.65. The number of nitrogens with zero attached hydrogens (tertiary/aromatic N) is 2. The van der Waals surface area contributed by atoms with E-state index in [4.69, 9.17) is 0 Å². The number of anilines is 1. The van der Waals surface area contributed by atoms with Crippen LogP contribution in [0.4, 0.5) is 5.69 Å². The number of hydrogen-bond donors (Lipinski definition) is 1. The predicted octanol–water partition coefficient (Wildman–Crippen LogP) is 1.35. The van der Waals surface area contributed by atoms with Gasteiger partial charge in [0.2, 0.25) is 0 Å². The number of aliphatic hydroxyl groups is 1. The van der Waals surface area contributed by atoms with E-state index in [0.29, 0.717) is 5.41 Å². The van der Waals surface area contributed by atoms with E-state index in [1.165, 1.54) is 5.69 Å². The summed E-state index contributed by atoms with van der Waals surface area (Å²) in [7, 11) is 0. The van der Waals surface area contributed by atoms with Crippen molar-refractivity contribution < 1.29 is 5.11 Å². The molecular formula is C12H16N2O. The summed E-state index contributed by atoms with van der Waals surface area (Å²) < 4.78 is 0. The molecule has 2 heterocycles. The first-order valence-electron chi connectivity index (χ1n) is 5.53. The van der Waals surface area contributed by atoms with E-state index in [2.05, 4.69) is 22.0 Å². The normalized spacial score (nSPS) is 23.7. The van der Waals surface area contributed by atoms with Gasteiger partial charge in [0, 0.05) is 24.2 Å². The molecule has 80 valence electrons. The van der Waals surface area contributed by atoms with Crippen LogP contribution in [0, 0.1) is 12.3 Å². The number of rotatable bonds is 1. The van der Waals surface area contributed by atoms with Crippen LogP contribution >= 0.6 is 0 Å². The molecule has 1 aromatic heterocycles. The number of aliphatic hydroxyl groups excluding tert-OH is 1. The monoisotopic (exact) mass is 204 g/mol. The highest BCUT2D eigenvalue weighted by Gasteiger charge is 2.51. The van der Waals surface area contributed by atoms with Crippen molar-refractivity contribution in [2.75, 3.05) is 18.0 Å². The molecule has 0 amide bonds. The Bertz CT molecular complexity index is 360. The van der Waals surface area contributed by atoms with Gasteiger partial charge in [-0.25, -0.2) is 0 Å². The van der Waals surface area contributed by atoms with E-state index >= 15 is 0 Å². The molecule has 0 radical (unpaired) electrons. The number of aromatic nitrogens is 1. The second-order valence-corrected chi connectivity index (χ2v) is 5.08. The van der Waals surface area contributed by atoms with Gasteiger partial charge in [-0.15, -0.1) is 0 Å². The van der Waals surface area contributed by atoms with Gasteiger partial charge >= 0.3 is 0 Å². The van der Waals surface area contributed by atoms with Crippen molar-refractivity contribution in [3.63, 3.8) is 0 Å². The highest BCUT2D eigenvalue weighted by atomic mass is 16.3. The smallest absolute Gasteiger partial charge is 0.0553 e. The van der Waals surface area contributed by atoms with Crippen molar-refractivity contribution in [1.82, 2.24) is 4.98 Å². The van der Waals surface area contributed by atoms with Crippen LogP contribution in [0.25, 0.3) is 0 Å². The quantitative estimate of drug-likeness (QED) is 0.750. The fourth-order valence-corrected chi connectivity index (χ4v) is 2.79. The summed E-state index contributed by atoms with van der Waals surface area (Å²) in [6.45, 7) is 4.19. The van der Waals surface area contributed by atoms with Crippen LogP contribution in [0.1, 0.15) is 18.5 Å². The zero-order valence-electron chi connectivity index (χ0n) is 8.98. The molecule has 2 aliphatic rings. The minimum atomic E-state index is -0.0386. The van der Waals surface area contributed by atoms with Gasteiger partial charge in [-0.05, 0) is 31.9 Å². The van der Waals surface area contributed by atoms with Crippen molar-refractivity contribution in [2.45, 2.75) is 25.9 Å². The number of aryl methyl sites for hydroxylation is 1. The average molecular weight is 204 g/mol. The van der Waals surface area contributed by atoms with Gasteiger partial charge in [0.05, 0.1) is 18.0 Å². The van der Waals surface area contributed by atoms with Crippen molar-refractivity contribution in [3.8, 4) is 0 Å². The Balaban J connectivity index is 1.65. The molecule has 3 nitrogen and oxygen atoms in total. The highest BCUT2D eigenvalue weighted by molar-refractivity contribution is 5.49. The average Bonchev–Trinajstić information content (AvgIpc) is 2.11. The lowest BCUT2D eigenvalue weighted by Gasteiger charge is -2.58. The summed E-state index contributed by atoms with van der Waals surface area (Å²) >= 11 is 0. The van der Waals surface area contributed by atoms with Crippen molar-refractivity contribution >= 4 is 5.69 Å². The molecule has 3 rings (SSSR count). The first kappa shape index (κ1) is 9.16. The Morgan fingerprint density at radius 2 is 2.13 bits per heavy atom. The van der Waals surface area contributed by atoms with E-state index < -0.39 is 0 Å². The maximum Gasteiger partial charge on any atom is 0.0553 e. The lowest BCUT2D eigenvalue weighted by Crippen LogP contribution is -2.63. The van der Waals surface area contributed by atoms with Gasteiger partial charge in [-0.1, -0.05) is 0 Å². The lowest BCUT2D eigenvalue weighted by atomic mass is 9.62. The zero-order valence-corrected chi connectivity index (χ0v) is 8.98. The predicted molar refractivity (Wildman–Crippen MR) is 58.9 cm³/mol. The van der Waals surface area contributed by atoms with Crippen LogP contribution in [0.3, 0.4) is 0 Å². The van der Waals surface area contributed by atoms with E-state index in [0.717, 1.165) is 31.6 Å². The molecule has 1 aliphatic carbocycles. The molecule has 15 heavy (non-hydrogen) atoms. The minimum Gasteiger partial charge on any atom is -0.393 e. The van der Waals surface area contributed by atoms with Crippen LogP contribution < -0.4 is 4.90 Å². The van der Waals surface area contributed by atoms with Crippen molar-refractivity contribution in [1.29, 1.82) is 0 Å². The molecule has 0 unspecified atom stereocenters. The summed E-state index contributed by atoms with van der Waals surface area (Å²) in [4.78, 5) is 6.64. The number of pyridine rings is 1. The standard InChI is InChI=1S/C12H16N2O/c1-9-2-3-10(6-13-9)14-7-12(8-14)4-11(15)5-12/h2-3,6,11,15H,4-5,7-8H2,1H3. The first-order valence-corrected chi connectivity index (χ1v) is 5.53. The third-order valence-corrected chi connectivity index (χ3v) is 3.65. The van der Waals surface area contributed by atoms with E-state index in [1.807, 2.05) is 13.1 Å². The third kappa shape index (κ3) is 1.42. The van der Waals surface area contributed by atoms with Gasteiger partial charge in [-0.2, -0.15) is 0 Å². The summed E-state index contributed by atoms with van der Waals surface area (Å²) in [6, 6.07) is 4.18. The summed E-state index contributed by atoms with van der Waals surface area (Å²) in [6.07, 6.45) is 3.88. The highest BCUT2D eigenvalue weighted by Crippen LogP contribution is 2.49.